The summed E-state index contributed by atoms with van der Waals surface area (Å²) in [7, 11) is 1.70. The van der Waals surface area contributed by atoms with Gasteiger partial charge in [-0.05, 0) is 80.5 Å². The lowest BCUT2D eigenvalue weighted by molar-refractivity contribution is 0.0635. The average molecular weight is 518 g/mol. The number of rotatable bonds is 8. The van der Waals surface area contributed by atoms with Crippen molar-refractivity contribution in [1.82, 2.24) is 4.98 Å². The monoisotopic (exact) mass is 517 g/mol. The summed E-state index contributed by atoms with van der Waals surface area (Å²) in [6, 6.07) is 17.4. The maximum atomic E-state index is 13.3. The van der Waals surface area contributed by atoms with Crippen molar-refractivity contribution in [2.45, 2.75) is 39.2 Å². The number of aromatic nitrogens is 1. The number of fused-ring (bicyclic) bond motifs is 1. The van der Waals surface area contributed by atoms with Crippen molar-refractivity contribution in [3.63, 3.8) is 0 Å². The zero-order valence-electron chi connectivity index (χ0n) is 21.5. The van der Waals surface area contributed by atoms with E-state index in [1.165, 1.54) is 5.56 Å². The van der Waals surface area contributed by atoms with Crippen LogP contribution in [0, 0.1) is 0 Å². The number of aryl methyl sites for hydroxylation is 1. The molecule has 0 saturated heterocycles. The zero-order chi connectivity index (χ0) is 26.4. The van der Waals surface area contributed by atoms with Gasteiger partial charge in [0.05, 0.1) is 22.5 Å². The normalized spacial score (nSPS) is 11.4. The number of methoxy groups -OCH3 is 1. The number of amides is 2. The molecule has 37 heavy (non-hydrogen) atoms. The Morgan fingerprint density at radius 1 is 1.00 bits per heavy atom. The van der Waals surface area contributed by atoms with Gasteiger partial charge in [0.1, 0.15) is 5.60 Å². The van der Waals surface area contributed by atoms with Crippen LogP contribution in [-0.2, 0) is 15.9 Å². The maximum Gasteiger partial charge on any atom is 0.412 e. The number of pyridine rings is 1. The Labute approximate surface area is 220 Å². The summed E-state index contributed by atoms with van der Waals surface area (Å²) in [5, 5.41) is 8.57. The number of ether oxygens (including phenoxy) is 2. The second-order valence-corrected chi connectivity index (χ2v) is 10.6. The van der Waals surface area contributed by atoms with Crippen molar-refractivity contribution in [2.24, 2.45) is 0 Å². The second-order valence-electron chi connectivity index (χ2n) is 9.67. The van der Waals surface area contributed by atoms with Crippen molar-refractivity contribution in [3.05, 3.63) is 77.3 Å². The molecule has 4 aromatic rings. The van der Waals surface area contributed by atoms with Gasteiger partial charge >= 0.3 is 6.09 Å². The molecule has 2 heterocycles. The Balaban J connectivity index is 1.58. The van der Waals surface area contributed by atoms with Crippen LogP contribution >= 0.6 is 11.3 Å². The maximum absolute atomic E-state index is 13.3. The fourth-order valence-corrected chi connectivity index (χ4v) is 4.55. The first-order valence-corrected chi connectivity index (χ1v) is 13.0. The van der Waals surface area contributed by atoms with Crippen LogP contribution < -0.4 is 10.6 Å². The summed E-state index contributed by atoms with van der Waals surface area (Å²) in [4.78, 5) is 31.3. The first-order valence-electron chi connectivity index (χ1n) is 12.1. The van der Waals surface area contributed by atoms with Gasteiger partial charge in [-0.25, -0.2) is 4.79 Å². The highest BCUT2D eigenvalue weighted by molar-refractivity contribution is 7.13. The number of nitrogens with zero attached hydrogens (tertiary/aromatic N) is 1. The molecular formula is C29H31N3O4S. The van der Waals surface area contributed by atoms with E-state index in [-0.39, 0.29) is 5.91 Å². The van der Waals surface area contributed by atoms with Crippen molar-refractivity contribution < 1.29 is 19.1 Å². The van der Waals surface area contributed by atoms with Gasteiger partial charge in [-0.2, -0.15) is 0 Å². The van der Waals surface area contributed by atoms with Crippen LogP contribution in [0.15, 0.2) is 66.2 Å². The molecule has 0 radical (unpaired) electrons. The SMILES string of the molecule is COCCCc1ccc2cc(C(=O)Nc3cc(-c4cccs4)ccc3NC(=O)OC(C)(C)C)cnc2c1. The lowest BCUT2D eigenvalue weighted by Gasteiger charge is -2.21. The fourth-order valence-electron chi connectivity index (χ4n) is 3.83. The summed E-state index contributed by atoms with van der Waals surface area (Å²) in [6.07, 6.45) is 2.82. The van der Waals surface area contributed by atoms with E-state index in [4.69, 9.17) is 9.47 Å². The number of thiophene rings is 1. The van der Waals surface area contributed by atoms with Gasteiger partial charge in [-0.3, -0.25) is 15.1 Å². The number of hydrogen-bond donors (Lipinski definition) is 2. The molecule has 8 heteroatoms. The second kappa shape index (κ2) is 11.5. The van der Waals surface area contributed by atoms with Crippen molar-refractivity contribution in [2.75, 3.05) is 24.4 Å². The number of benzene rings is 2. The molecule has 2 amide bonds. The van der Waals surface area contributed by atoms with Crippen LogP contribution in [-0.4, -0.2) is 36.3 Å². The van der Waals surface area contributed by atoms with Crippen LogP contribution in [0.4, 0.5) is 16.2 Å². The average Bonchev–Trinajstić information content (AvgIpc) is 3.39. The van der Waals surface area contributed by atoms with Gasteiger partial charge in [0.15, 0.2) is 0 Å². The van der Waals surface area contributed by atoms with Gasteiger partial charge in [0.25, 0.3) is 5.91 Å². The number of carbonyl (C=O) groups excluding carboxylic acids is 2. The van der Waals surface area contributed by atoms with E-state index >= 15 is 0 Å². The Morgan fingerprint density at radius 3 is 2.57 bits per heavy atom. The molecule has 192 valence electrons. The van der Waals surface area contributed by atoms with Crippen LogP contribution in [0.5, 0.6) is 0 Å². The third kappa shape index (κ3) is 7.15. The molecular weight excluding hydrogens is 486 g/mol. The minimum absolute atomic E-state index is 0.325. The van der Waals surface area contributed by atoms with E-state index < -0.39 is 11.7 Å². The predicted molar refractivity (Wildman–Crippen MR) is 150 cm³/mol. The van der Waals surface area contributed by atoms with Crippen LogP contribution in [0.25, 0.3) is 21.3 Å². The third-order valence-electron chi connectivity index (χ3n) is 5.53. The zero-order valence-corrected chi connectivity index (χ0v) is 22.3. The van der Waals surface area contributed by atoms with E-state index in [0.717, 1.165) is 34.2 Å². The standard InChI is InChI=1S/C29H31N3O4S/c1-29(2,3)36-28(34)32-23-12-11-21(26-8-6-14-37-26)17-25(23)31-27(33)22-16-20-10-9-19(7-5-13-35-4)15-24(20)30-18-22/h6,8-12,14-18H,5,7,13H2,1-4H3,(H,31,33)(H,32,34). The number of hydrogen-bond acceptors (Lipinski definition) is 6. The summed E-state index contributed by atoms with van der Waals surface area (Å²) in [5.74, 6) is -0.325. The first kappa shape index (κ1) is 26.3. The lowest BCUT2D eigenvalue weighted by atomic mass is 10.1. The number of carbonyl (C=O) groups is 2. The van der Waals surface area contributed by atoms with Gasteiger partial charge in [-0.1, -0.05) is 24.3 Å². The molecule has 0 fully saturated rings. The van der Waals surface area contributed by atoms with Crippen LogP contribution in [0.2, 0.25) is 0 Å². The Hall–Kier alpha value is -3.75. The highest BCUT2D eigenvalue weighted by atomic mass is 32.1. The lowest BCUT2D eigenvalue weighted by Crippen LogP contribution is -2.27. The molecule has 0 atom stereocenters. The Kier molecular flexibility index (Phi) is 8.21. The van der Waals surface area contributed by atoms with Crippen LogP contribution in [0.1, 0.15) is 43.1 Å². The molecule has 2 aromatic heterocycles. The minimum atomic E-state index is -0.648. The molecule has 0 unspecified atom stereocenters. The van der Waals surface area contributed by atoms with Gasteiger partial charge in [0.2, 0.25) is 0 Å². The summed E-state index contributed by atoms with van der Waals surface area (Å²) in [6.45, 7) is 6.10. The molecule has 0 saturated carbocycles. The van der Waals surface area contributed by atoms with Gasteiger partial charge < -0.3 is 14.8 Å². The molecule has 0 spiro atoms. The first-order chi connectivity index (χ1) is 17.7. The number of nitrogens with one attached hydrogen (secondary N) is 2. The van der Waals surface area contributed by atoms with Gasteiger partial charge in [0, 0.05) is 30.2 Å². The van der Waals surface area contributed by atoms with Crippen molar-refractivity contribution in [3.8, 4) is 10.4 Å². The molecule has 7 nitrogen and oxygen atoms in total. The Morgan fingerprint density at radius 2 is 1.84 bits per heavy atom. The predicted octanol–water partition coefficient (Wildman–Crippen LogP) is 7.14. The molecule has 0 aliphatic heterocycles. The number of anilines is 2. The van der Waals surface area contributed by atoms with E-state index in [0.29, 0.717) is 23.5 Å². The Bertz CT molecular complexity index is 1390. The minimum Gasteiger partial charge on any atom is -0.444 e. The molecule has 2 N–H and O–H groups in total. The molecule has 0 bridgehead atoms. The van der Waals surface area contributed by atoms with Crippen molar-refractivity contribution in [1.29, 1.82) is 0 Å². The summed E-state index contributed by atoms with van der Waals surface area (Å²) < 4.78 is 10.5. The quantitative estimate of drug-likeness (QED) is 0.242. The van der Waals surface area contributed by atoms with Crippen LogP contribution in [0.3, 0.4) is 0 Å². The smallest absolute Gasteiger partial charge is 0.412 e. The molecule has 0 aliphatic carbocycles. The molecule has 2 aromatic carbocycles. The highest BCUT2D eigenvalue weighted by Gasteiger charge is 2.19. The van der Waals surface area contributed by atoms with E-state index in [2.05, 4.69) is 21.7 Å². The van der Waals surface area contributed by atoms with Gasteiger partial charge in [-0.15, -0.1) is 11.3 Å². The summed E-state index contributed by atoms with van der Waals surface area (Å²) in [5.41, 5.74) is 3.62. The van der Waals surface area contributed by atoms with E-state index in [1.807, 2.05) is 47.8 Å². The summed E-state index contributed by atoms with van der Waals surface area (Å²) >= 11 is 1.59. The third-order valence-corrected chi connectivity index (χ3v) is 6.45. The molecule has 4 rings (SSSR count). The molecule has 0 aliphatic rings. The topological polar surface area (TPSA) is 89.6 Å². The highest BCUT2D eigenvalue weighted by Crippen LogP contribution is 2.32. The van der Waals surface area contributed by atoms with E-state index in [9.17, 15) is 9.59 Å². The van der Waals surface area contributed by atoms with E-state index in [1.54, 1.807) is 51.5 Å². The fraction of sp³-hybridized carbons (Fsp3) is 0.276. The van der Waals surface area contributed by atoms with Crippen molar-refractivity contribution >= 4 is 45.6 Å². The largest absolute Gasteiger partial charge is 0.444 e.